The Bertz CT molecular complexity index is 713. The van der Waals surface area contributed by atoms with E-state index < -0.39 is 4.75 Å². The van der Waals surface area contributed by atoms with Crippen LogP contribution in [0, 0.1) is 0 Å². The lowest BCUT2D eigenvalue weighted by Gasteiger charge is -2.16. The van der Waals surface area contributed by atoms with Gasteiger partial charge in [0.05, 0.1) is 0 Å². The van der Waals surface area contributed by atoms with Crippen molar-refractivity contribution in [3.8, 4) is 0 Å². The summed E-state index contributed by atoms with van der Waals surface area (Å²) >= 11 is 4.79. The van der Waals surface area contributed by atoms with Crippen LogP contribution in [0.15, 0.2) is 91.0 Å². The van der Waals surface area contributed by atoms with E-state index in [1.54, 1.807) is 34.1 Å². The van der Waals surface area contributed by atoms with Crippen molar-refractivity contribution in [3.05, 3.63) is 108 Å². The van der Waals surface area contributed by atoms with Gasteiger partial charge in [0.15, 0.2) is 0 Å². The average Bonchev–Trinajstić information content (AvgIpc) is 2.72. The van der Waals surface area contributed by atoms with Crippen molar-refractivity contribution in [2.45, 2.75) is 17.3 Å². The van der Waals surface area contributed by atoms with Crippen LogP contribution in [0.2, 0.25) is 0 Å². The molecule has 0 N–H and O–H groups in total. The van der Waals surface area contributed by atoms with Crippen LogP contribution in [-0.4, -0.2) is 0 Å². The molecule has 0 aliphatic heterocycles. The maximum absolute atomic E-state index is 13.6. The normalized spacial score (nSPS) is 11.4. The molecule has 0 aliphatic rings. The Kier molecular flexibility index (Phi) is 7.82. The minimum Gasteiger partial charge on any atom is -0.289 e. The molecule has 0 heterocycles. The molecule has 0 radical (unpaired) electrons. The number of benzene rings is 3. The van der Waals surface area contributed by atoms with Crippen LogP contribution < -0.4 is 0 Å². The highest BCUT2D eigenvalue weighted by atomic mass is 33.4. The van der Waals surface area contributed by atoms with E-state index in [1.165, 1.54) is 16.7 Å². The van der Waals surface area contributed by atoms with Crippen molar-refractivity contribution in [1.29, 1.82) is 0 Å². The Hall–Kier alpha value is -1.06. The molecule has 0 spiro atoms. The highest BCUT2D eigenvalue weighted by molar-refractivity contribution is 9.14. The third-order valence-corrected chi connectivity index (χ3v) is 15.7. The molecule has 0 saturated carbocycles. The van der Waals surface area contributed by atoms with Gasteiger partial charge in [0.25, 0.3) is 0 Å². The molecule has 0 amide bonds. The van der Waals surface area contributed by atoms with Crippen LogP contribution in [0.3, 0.4) is 0 Å². The first-order valence-corrected chi connectivity index (χ1v) is 14.9. The van der Waals surface area contributed by atoms with Crippen LogP contribution in [-0.2, 0) is 21.8 Å². The van der Waals surface area contributed by atoms with E-state index in [2.05, 4.69) is 36.4 Å². The fraction of sp³-hybridized carbons (Fsp3) is 0.143. The van der Waals surface area contributed by atoms with Crippen LogP contribution in [0.25, 0.3) is 0 Å². The number of rotatable bonds is 9. The van der Waals surface area contributed by atoms with Gasteiger partial charge in [-0.25, -0.2) is 0 Å². The number of hydrogen-bond acceptors (Lipinski definition) is 4. The zero-order valence-electron chi connectivity index (χ0n) is 14.4. The van der Waals surface area contributed by atoms with Crippen LogP contribution in [0.5, 0.6) is 0 Å². The van der Waals surface area contributed by atoms with E-state index in [0.717, 1.165) is 17.3 Å². The van der Waals surface area contributed by atoms with E-state index in [9.17, 15) is 4.57 Å². The van der Waals surface area contributed by atoms with Crippen LogP contribution in [0.1, 0.15) is 16.7 Å². The van der Waals surface area contributed by atoms with Gasteiger partial charge in [-0.2, -0.15) is 0 Å². The molecule has 5 heteroatoms. The summed E-state index contributed by atoms with van der Waals surface area (Å²) in [5, 5.41) is 0. The van der Waals surface area contributed by atoms with Crippen molar-refractivity contribution in [1.82, 2.24) is 0 Å². The highest BCUT2D eigenvalue weighted by Gasteiger charge is 2.25. The van der Waals surface area contributed by atoms with Gasteiger partial charge in [-0.05, 0) is 16.7 Å². The summed E-state index contributed by atoms with van der Waals surface area (Å²) in [6.07, 6.45) is 0. The predicted octanol–water partition coefficient (Wildman–Crippen LogP) is 7.89. The Balaban J connectivity index is 1.65. The van der Waals surface area contributed by atoms with Gasteiger partial charge in [0.1, 0.15) is 0 Å². The summed E-state index contributed by atoms with van der Waals surface area (Å²) in [6.45, 7) is 0. The quantitative estimate of drug-likeness (QED) is 0.330. The molecular weight excluding hydrogens is 395 g/mol. The second kappa shape index (κ2) is 10.3. The zero-order chi connectivity index (χ0) is 18.1. The minimum atomic E-state index is -2.47. The predicted molar refractivity (Wildman–Crippen MR) is 121 cm³/mol. The van der Waals surface area contributed by atoms with Crippen molar-refractivity contribution < 1.29 is 4.57 Å². The van der Waals surface area contributed by atoms with E-state index in [1.807, 2.05) is 54.6 Å². The van der Waals surface area contributed by atoms with Gasteiger partial charge >= 0.3 is 0 Å². The molecule has 134 valence electrons. The van der Waals surface area contributed by atoms with Gasteiger partial charge in [-0.15, -0.1) is 0 Å². The molecular formula is C21H21OPS3. The molecule has 0 bridgehead atoms. The molecule has 0 unspecified atom stereocenters. The summed E-state index contributed by atoms with van der Waals surface area (Å²) < 4.78 is 11.2. The fourth-order valence-electron chi connectivity index (χ4n) is 2.30. The first kappa shape index (κ1) is 19.7. The van der Waals surface area contributed by atoms with Crippen molar-refractivity contribution >= 4 is 38.9 Å². The molecule has 0 fully saturated rings. The Morgan fingerprint density at radius 3 is 1.04 bits per heavy atom. The highest BCUT2D eigenvalue weighted by Crippen LogP contribution is 2.79. The van der Waals surface area contributed by atoms with E-state index in [4.69, 9.17) is 0 Å². The molecule has 0 atom stereocenters. The van der Waals surface area contributed by atoms with Crippen molar-refractivity contribution in [2.75, 3.05) is 0 Å². The standard InChI is InChI=1S/C21H21OPS3/c22-23(24-16-19-10-4-1-5-11-19,25-17-20-12-6-2-7-13-20)26-18-21-14-8-3-9-15-21/h1-15H,16-18H2. The van der Waals surface area contributed by atoms with E-state index in [-0.39, 0.29) is 0 Å². The Labute approximate surface area is 168 Å². The van der Waals surface area contributed by atoms with Gasteiger partial charge in [-0.1, -0.05) is 125 Å². The molecule has 3 aromatic rings. The molecule has 1 nitrogen and oxygen atoms in total. The first-order valence-electron chi connectivity index (χ1n) is 8.39. The summed E-state index contributed by atoms with van der Waals surface area (Å²) in [5.74, 6) is 2.34. The summed E-state index contributed by atoms with van der Waals surface area (Å²) in [7, 11) is 0. The van der Waals surface area contributed by atoms with Crippen molar-refractivity contribution in [3.63, 3.8) is 0 Å². The lowest BCUT2D eigenvalue weighted by atomic mass is 10.2. The second-order valence-electron chi connectivity index (χ2n) is 5.72. The monoisotopic (exact) mass is 416 g/mol. The van der Waals surface area contributed by atoms with Crippen LogP contribution in [0.4, 0.5) is 0 Å². The molecule has 0 aromatic heterocycles. The molecule has 3 aromatic carbocycles. The van der Waals surface area contributed by atoms with Gasteiger partial charge in [-0.3, -0.25) is 4.57 Å². The van der Waals surface area contributed by atoms with Crippen molar-refractivity contribution in [2.24, 2.45) is 0 Å². The molecule has 26 heavy (non-hydrogen) atoms. The lowest BCUT2D eigenvalue weighted by Crippen LogP contribution is -1.82. The maximum Gasteiger partial charge on any atom is 0.244 e. The van der Waals surface area contributed by atoms with Gasteiger partial charge in [0, 0.05) is 17.3 Å². The Morgan fingerprint density at radius 1 is 0.500 bits per heavy atom. The zero-order valence-corrected chi connectivity index (χ0v) is 17.7. The topological polar surface area (TPSA) is 17.1 Å². The summed E-state index contributed by atoms with van der Waals surface area (Å²) in [4.78, 5) is 0. The average molecular weight is 417 g/mol. The molecule has 0 aliphatic carbocycles. The van der Waals surface area contributed by atoms with E-state index in [0.29, 0.717) is 0 Å². The van der Waals surface area contributed by atoms with Crippen LogP contribution >= 0.6 is 38.9 Å². The summed E-state index contributed by atoms with van der Waals surface area (Å²) in [5.41, 5.74) is 3.66. The lowest BCUT2D eigenvalue weighted by molar-refractivity contribution is 0.601. The third-order valence-electron chi connectivity index (χ3n) is 3.70. The largest absolute Gasteiger partial charge is 0.289 e. The molecule has 3 rings (SSSR count). The number of hydrogen-bond donors (Lipinski definition) is 0. The minimum absolute atomic E-state index is 0.779. The van der Waals surface area contributed by atoms with Gasteiger partial charge < -0.3 is 0 Å². The molecule has 0 saturated heterocycles. The van der Waals surface area contributed by atoms with E-state index >= 15 is 0 Å². The van der Waals surface area contributed by atoms with Gasteiger partial charge in [0.2, 0.25) is 4.75 Å². The second-order valence-corrected chi connectivity index (χ2v) is 17.3. The smallest absolute Gasteiger partial charge is 0.244 e. The summed E-state index contributed by atoms with van der Waals surface area (Å²) in [6, 6.07) is 30.9. The maximum atomic E-state index is 13.6. The SMILES string of the molecule is O=P(SCc1ccccc1)(SCc1ccccc1)SCc1ccccc1. The first-order chi connectivity index (χ1) is 12.7. The fourth-order valence-corrected chi connectivity index (χ4v) is 12.3. The third kappa shape index (κ3) is 6.59. The Morgan fingerprint density at radius 2 is 0.769 bits per heavy atom.